The largest absolute Gasteiger partial charge is 0.322 e. The van der Waals surface area contributed by atoms with Crippen LogP contribution >= 0.6 is 0 Å². The molecule has 0 bridgehead atoms. The van der Waals surface area contributed by atoms with Crippen molar-refractivity contribution >= 4 is 27.3 Å². The van der Waals surface area contributed by atoms with E-state index in [9.17, 15) is 18.0 Å². The number of nitrogens with one attached hydrogen (secondary N) is 2. The number of amides is 1. The number of sulfonamides is 1. The highest BCUT2D eigenvalue weighted by Gasteiger charge is 2.21. The van der Waals surface area contributed by atoms with E-state index >= 15 is 0 Å². The summed E-state index contributed by atoms with van der Waals surface area (Å²) < 4.78 is 27.0. The van der Waals surface area contributed by atoms with Crippen molar-refractivity contribution in [2.75, 3.05) is 16.7 Å². The van der Waals surface area contributed by atoms with Crippen LogP contribution in [-0.4, -0.2) is 31.6 Å². The molecule has 0 radical (unpaired) electrons. The number of aromatic nitrogens is 2. The van der Waals surface area contributed by atoms with E-state index in [-0.39, 0.29) is 16.4 Å². The van der Waals surface area contributed by atoms with Crippen LogP contribution in [-0.2, 0) is 10.0 Å². The number of anilines is 2. The molecule has 0 saturated heterocycles. The summed E-state index contributed by atoms with van der Waals surface area (Å²) in [6.07, 6.45) is 0. The second-order valence-corrected chi connectivity index (χ2v) is 9.14. The van der Waals surface area contributed by atoms with Gasteiger partial charge in [-0.2, -0.15) is 5.10 Å². The Balaban J connectivity index is 1.50. The minimum absolute atomic E-state index is 0.0801. The highest BCUT2D eigenvalue weighted by atomic mass is 32.2. The van der Waals surface area contributed by atoms with Crippen LogP contribution in [0.25, 0.3) is 11.3 Å². The summed E-state index contributed by atoms with van der Waals surface area (Å²) in [5, 5.41) is 9.15. The van der Waals surface area contributed by atoms with Crippen LogP contribution < -0.4 is 15.2 Å². The lowest BCUT2D eigenvalue weighted by molar-refractivity contribution is 0.102. The molecule has 0 aliphatic carbocycles. The monoisotopic (exact) mass is 460 g/mol. The Kier molecular flexibility index (Phi) is 6.05. The van der Waals surface area contributed by atoms with Crippen molar-refractivity contribution in [3.05, 3.63) is 107 Å². The molecule has 1 heterocycles. The standard InChI is InChI=1S/C24H20N4O4S/c1-28(20-8-3-2-4-9-20)33(31,32)21-12-10-17(11-13-21)24(30)25-19-7-5-6-18(16-19)22-14-15-23(29)27-26-22/h2-16H,1H3,(H,25,30)(H,27,29). The molecular weight excluding hydrogens is 440 g/mol. The number of carbonyl (C=O) groups excluding carboxylic acids is 1. The van der Waals surface area contributed by atoms with Crippen molar-refractivity contribution in [3.63, 3.8) is 0 Å². The van der Waals surface area contributed by atoms with Gasteiger partial charge in [-0.3, -0.25) is 13.9 Å². The van der Waals surface area contributed by atoms with E-state index in [0.717, 1.165) is 5.56 Å². The van der Waals surface area contributed by atoms with Crippen molar-refractivity contribution in [2.24, 2.45) is 0 Å². The molecule has 0 aliphatic rings. The first kappa shape index (κ1) is 22.0. The number of para-hydroxylation sites is 1. The topological polar surface area (TPSA) is 112 Å². The fourth-order valence-electron chi connectivity index (χ4n) is 3.18. The highest BCUT2D eigenvalue weighted by molar-refractivity contribution is 7.92. The number of carbonyl (C=O) groups is 1. The van der Waals surface area contributed by atoms with Crippen LogP contribution in [0.4, 0.5) is 11.4 Å². The van der Waals surface area contributed by atoms with E-state index < -0.39 is 10.0 Å². The molecule has 166 valence electrons. The van der Waals surface area contributed by atoms with Crippen LogP contribution in [0, 0.1) is 0 Å². The fraction of sp³-hybridized carbons (Fsp3) is 0.0417. The maximum Gasteiger partial charge on any atom is 0.264 e. The van der Waals surface area contributed by atoms with Gasteiger partial charge in [0.2, 0.25) is 0 Å². The van der Waals surface area contributed by atoms with Gasteiger partial charge in [-0.05, 0) is 54.6 Å². The summed E-state index contributed by atoms with van der Waals surface area (Å²) in [4.78, 5) is 24.0. The number of rotatable bonds is 6. The number of hydrogen-bond acceptors (Lipinski definition) is 5. The van der Waals surface area contributed by atoms with Gasteiger partial charge in [0, 0.05) is 29.9 Å². The van der Waals surface area contributed by atoms with Gasteiger partial charge in [-0.15, -0.1) is 0 Å². The third kappa shape index (κ3) is 4.83. The molecule has 3 aromatic carbocycles. The number of aromatic amines is 1. The summed E-state index contributed by atoms with van der Waals surface area (Å²) in [5.74, 6) is -0.387. The lowest BCUT2D eigenvalue weighted by atomic mass is 10.1. The van der Waals surface area contributed by atoms with Gasteiger partial charge in [0.25, 0.3) is 21.5 Å². The Hall–Kier alpha value is -4.24. The van der Waals surface area contributed by atoms with Crippen LogP contribution in [0.3, 0.4) is 0 Å². The zero-order chi connectivity index (χ0) is 23.4. The Labute approximate surface area is 190 Å². The molecule has 0 aliphatic heterocycles. The second-order valence-electron chi connectivity index (χ2n) is 7.17. The van der Waals surface area contributed by atoms with Gasteiger partial charge >= 0.3 is 0 Å². The fourth-order valence-corrected chi connectivity index (χ4v) is 4.37. The Morgan fingerprint density at radius 2 is 1.64 bits per heavy atom. The number of nitrogens with zero attached hydrogens (tertiary/aromatic N) is 2. The molecule has 9 heteroatoms. The average Bonchev–Trinajstić information content (AvgIpc) is 2.85. The predicted molar refractivity (Wildman–Crippen MR) is 127 cm³/mol. The quantitative estimate of drug-likeness (QED) is 0.457. The van der Waals surface area contributed by atoms with Crippen molar-refractivity contribution in [1.82, 2.24) is 10.2 Å². The minimum atomic E-state index is -3.76. The molecule has 8 nitrogen and oxygen atoms in total. The average molecular weight is 461 g/mol. The molecule has 4 aromatic rings. The maximum absolute atomic E-state index is 12.9. The molecular formula is C24H20N4O4S. The second kappa shape index (κ2) is 9.09. The predicted octanol–water partition coefficient (Wildman–Crippen LogP) is 3.51. The molecule has 0 unspecified atom stereocenters. The molecule has 0 fully saturated rings. The van der Waals surface area contributed by atoms with Gasteiger partial charge in [0.05, 0.1) is 16.3 Å². The number of benzene rings is 3. The van der Waals surface area contributed by atoms with Crippen molar-refractivity contribution in [1.29, 1.82) is 0 Å². The van der Waals surface area contributed by atoms with E-state index in [4.69, 9.17) is 0 Å². The molecule has 33 heavy (non-hydrogen) atoms. The van der Waals surface area contributed by atoms with Crippen molar-refractivity contribution in [2.45, 2.75) is 4.90 Å². The zero-order valence-electron chi connectivity index (χ0n) is 17.6. The first-order valence-corrected chi connectivity index (χ1v) is 11.4. The van der Waals surface area contributed by atoms with Gasteiger partial charge in [-0.1, -0.05) is 30.3 Å². The molecule has 0 saturated carbocycles. The molecule has 0 atom stereocenters. The molecule has 2 N–H and O–H groups in total. The van der Waals surface area contributed by atoms with Gasteiger partial charge < -0.3 is 5.32 Å². The minimum Gasteiger partial charge on any atom is -0.322 e. The Morgan fingerprint density at radius 1 is 0.909 bits per heavy atom. The van der Waals surface area contributed by atoms with Crippen LogP contribution in [0.5, 0.6) is 0 Å². The summed E-state index contributed by atoms with van der Waals surface area (Å²) in [5.41, 5.74) is 2.35. The first-order valence-electron chi connectivity index (χ1n) is 9.96. The van der Waals surface area contributed by atoms with E-state index in [1.807, 2.05) is 6.07 Å². The normalized spacial score (nSPS) is 11.1. The molecule has 1 aromatic heterocycles. The Morgan fingerprint density at radius 3 is 2.30 bits per heavy atom. The van der Waals surface area contributed by atoms with E-state index in [1.54, 1.807) is 54.6 Å². The van der Waals surface area contributed by atoms with Crippen LogP contribution in [0.15, 0.2) is 101 Å². The Bertz CT molecular complexity index is 1430. The lowest BCUT2D eigenvalue weighted by Crippen LogP contribution is -2.26. The smallest absolute Gasteiger partial charge is 0.264 e. The summed E-state index contributed by atoms with van der Waals surface area (Å²) in [6.45, 7) is 0. The van der Waals surface area contributed by atoms with Gasteiger partial charge in [0.1, 0.15) is 0 Å². The van der Waals surface area contributed by atoms with Crippen LogP contribution in [0.1, 0.15) is 10.4 Å². The van der Waals surface area contributed by atoms with E-state index in [2.05, 4.69) is 15.5 Å². The lowest BCUT2D eigenvalue weighted by Gasteiger charge is -2.19. The summed E-state index contributed by atoms with van der Waals surface area (Å²) in [6, 6.07) is 24.5. The molecule has 0 spiro atoms. The summed E-state index contributed by atoms with van der Waals surface area (Å²) in [7, 11) is -2.28. The van der Waals surface area contributed by atoms with Crippen molar-refractivity contribution < 1.29 is 13.2 Å². The number of H-pyrrole nitrogens is 1. The van der Waals surface area contributed by atoms with Crippen molar-refractivity contribution in [3.8, 4) is 11.3 Å². The third-order valence-electron chi connectivity index (χ3n) is 4.99. The number of hydrogen-bond donors (Lipinski definition) is 2. The highest BCUT2D eigenvalue weighted by Crippen LogP contribution is 2.23. The molecule has 1 amide bonds. The maximum atomic E-state index is 12.9. The SMILES string of the molecule is CN(c1ccccc1)S(=O)(=O)c1ccc(C(=O)Nc2cccc(-c3ccc(=O)[nH]n3)c2)cc1. The molecule has 4 rings (SSSR count). The third-order valence-corrected chi connectivity index (χ3v) is 6.79. The van der Waals surface area contributed by atoms with Gasteiger partial charge in [-0.25, -0.2) is 13.5 Å². The van der Waals surface area contributed by atoms with E-state index in [0.29, 0.717) is 22.6 Å². The zero-order valence-corrected chi connectivity index (χ0v) is 18.4. The first-order chi connectivity index (χ1) is 15.8. The van der Waals surface area contributed by atoms with Crippen LogP contribution in [0.2, 0.25) is 0 Å². The van der Waals surface area contributed by atoms with E-state index in [1.165, 1.54) is 41.7 Å². The summed E-state index contributed by atoms with van der Waals surface area (Å²) >= 11 is 0. The van der Waals surface area contributed by atoms with Gasteiger partial charge in [0.15, 0.2) is 0 Å².